The van der Waals surface area contributed by atoms with E-state index in [1.165, 1.54) is 31.6 Å². The Labute approximate surface area is 177 Å². The quantitative estimate of drug-likeness (QED) is 0.112. The molecule has 3 rings (SSSR count). The van der Waals surface area contributed by atoms with E-state index < -0.39 is 43.6 Å². The maximum atomic E-state index is 11.6. The highest BCUT2D eigenvalue weighted by molar-refractivity contribution is 8.37. The monoisotopic (exact) mass is 464 g/mol. The van der Waals surface area contributed by atoms with E-state index in [1.807, 2.05) is 0 Å². The van der Waals surface area contributed by atoms with Crippen LogP contribution in [0, 0.1) is 0 Å². The topological polar surface area (TPSA) is 203 Å². The molecule has 2 unspecified atom stereocenters. The lowest BCUT2D eigenvalue weighted by atomic mass is 10.1. The molecule has 0 spiro atoms. The maximum Gasteiger partial charge on any atom is 0.326 e. The van der Waals surface area contributed by atoms with Gasteiger partial charge in [0.2, 0.25) is 6.23 Å². The zero-order valence-corrected chi connectivity index (χ0v) is 17.8. The Hall–Kier alpha value is -1.68. The van der Waals surface area contributed by atoms with E-state index >= 15 is 0 Å². The second-order valence-corrected chi connectivity index (χ2v) is 9.64. The molecule has 6 atom stereocenters. The predicted octanol–water partition coefficient (Wildman–Crippen LogP) is -3.11. The number of anilines is 2. The first kappa shape index (κ1) is 23.0. The Morgan fingerprint density at radius 2 is 2.27 bits per heavy atom. The van der Waals surface area contributed by atoms with Crippen molar-refractivity contribution in [3.8, 4) is 0 Å². The summed E-state index contributed by atoms with van der Waals surface area (Å²) in [7, 11) is -1.97. The van der Waals surface area contributed by atoms with Gasteiger partial charge in [-0.3, -0.25) is 4.79 Å². The lowest BCUT2D eigenvalue weighted by molar-refractivity contribution is -0.639. The molecule has 0 aromatic carbocycles. The Morgan fingerprint density at radius 3 is 2.93 bits per heavy atom. The van der Waals surface area contributed by atoms with E-state index in [4.69, 9.17) is 31.9 Å². The van der Waals surface area contributed by atoms with E-state index in [2.05, 4.69) is 30.7 Å². The third kappa shape index (κ3) is 4.49. The van der Waals surface area contributed by atoms with Gasteiger partial charge in [0, 0.05) is 0 Å². The normalized spacial score (nSPS) is 28.3. The van der Waals surface area contributed by atoms with Gasteiger partial charge in [-0.15, -0.1) is 5.09 Å². The van der Waals surface area contributed by atoms with Gasteiger partial charge in [0.25, 0.3) is 24.9 Å². The maximum absolute atomic E-state index is 11.6. The summed E-state index contributed by atoms with van der Waals surface area (Å²) in [6.45, 7) is 1.28. The molecule has 14 nitrogen and oxygen atoms in total. The van der Waals surface area contributed by atoms with Crippen molar-refractivity contribution in [3.63, 3.8) is 0 Å². The van der Waals surface area contributed by atoms with Crippen LogP contribution in [-0.4, -0.2) is 76.8 Å². The average Bonchev–Trinajstić information content (AvgIpc) is 3.28. The summed E-state index contributed by atoms with van der Waals surface area (Å²) in [5.74, 6) is 3.23. The van der Waals surface area contributed by atoms with Crippen LogP contribution in [0.2, 0.25) is 0 Å². The highest BCUT2D eigenvalue weighted by Crippen LogP contribution is 2.53. The summed E-state index contributed by atoms with van der Waals surface area (Å²) in [4.78, 5) is 25.1. The number of esters is 1. The Kier molecular flexibility index (Phi) is 7.06. The van der Waals surface area contributed by atoms with Crippen LogP contribution in [0.1, 0.15) is 6.92 Å². The fourth-order valence-corrected chi connectivity index (χ4v) is 4.71. The number of ether oxygens (including phenoxy) is 2. The number of hydrogen-bond acceptors (Lipinski definition) is 14. The number of aliphatic imine (C=N–C) groups is 1. The zero-order valence-electron chi connectivity index (χ0n) is 16.1. The highest BCUT2D eigenvalue weighted by atomic mass is 32.7. The largest absolute Gasteiger partial charge is 0.468 e. The van der Waals surface area contributed by atoms with Crippen molar-refractivity contribution < 1.29 is 39.5 Å². The number of aliphatic hydroxyl groups excluding tert-OH is 2. The molecule has 0 amide bonds. The molecule has 1 aromatic rings. The second-order valence-electron chi connectivity index (χ2n) is 6.43. The van der Waals surface area contributed by atoms with Crippen molar-refractivity contribution in [2.45, 2.75) is 37.5 Å². The summed E-state index contributed by atoms with van der Waals surface area (Å²) in [6.07, 6.45) is -1.96. The third-order valence-electron chi connectivity index (χ3n) is 4.48. The van der Waals surface area contributed by atoms with Crippen LogP contribution < -0.4 is 26.6 Å². The van der Waals surface area contributed by atoms with Crippen LogP contribution in [0.15, 0.2) is 6.33 Å². The van der Waals surface area contributed by atoms with E-state index in [9.17, 15) is 15.0 Å². The summed E-state index contributed by atoms with van der Waals surface area (Å²) >= 11 is 5.28. The van der Waals surface area contributed by atoms with Crippen LogP contribution >= 0.6 is 7.07 Å². The van der Waals surface area contributed by atoms with E-state index in [0.29, 0.717) is 11.5 Å². The fourth-order valence-electron chi connectivity index (χ4n) is 2.90. The Balaban J connectivity index is 1.66. The summed E-state index contributed by atoms with van der Waals surface area (Å²) < 4.78 is 20.9. The first-order chi connectivity index (χ1) is 14.2. The predicted molar refractivity (Wildman–Crippen MR) is 106 cm³/mol. The summed E-state index contributed by atoms with van der Waals surface area (Å²) in [5.41, 5.74) is 6.11. The summed E-state index contributed by atoms with van der Waals surface area (Å²) in [5, 5.41) is 23.6. The van der Waals surface area contributed by atoms with Gasteiger partial charge in [-0.2, -0.15) is 15.8 Å². The van der Waals surface area contributed by atoms with Gasteiger partial charge in [0.05, 0.1) is 7.11 Å². The molecule has 1 fully saturated rings. The molecule has 2 aliphatic heterocycles. The summed E-state index contributed by atoms with van der Waals surface area (Å²) in [6, 6.07) is -0.808. The van der Waals surface area contributed by atoms with Crippen LogP contribution in [-0.2, 0) is 35.7 Å². The van der Waals surface area contributed by atoms with Crippen molar-refractivity contribution in [3.05, 3.63) is 6.33 Å². The minimum atomic E-state index is -3.21. The first-order valence-electron chi connectivity index (χ1n) is 8.69. The number of hydrogen-bond donors (Lipinski definition) is 5. The number of aromatic nitrogens is 2. The highest BCUT2D eigenvalue weighted by Gasteiger charge is 2.52. The number of carbonyl (C=O) groups excluding carboxylic acids is 1. The standard InChI is InChI=1S/C14H23N7O7PS/c1-6(14(24)25-2)20-29(30,28-16)26-3-7-9(22)10(23)13(27-7)21-5-19-8-11(15)17-4-18-12(8)21/h4-7,9-10,13,22-23H,3H2,1-2,16H3,(H,20,30)(H2,15,17,18)/q+2/t6?,7-,9-,10-,13-,29?/m1/s1. The third-order valence-corrected chi connectivity index (χ3v) is 6.96. The van der Waals surface area contributed by atoms with E-state index in [0.717, 1.165) is 0 Å². The number of quaternary nitrogens is 1. The number of nitrogens with one attached hydrogen (secondary N) is 1. The van der Waals surface area contributed by atoms with Crippen LogP contribution in [0.5, 0.6) is 0 Å². The van der Waals surface area contributed by atoms with Gasteiger partial charge in [-0.05, 0) is 16.5 Å². The number of methoxy groups -OCH3 is 1. The molecule has 1 radical (unpaired) electrons. The lowest BCUT2D eigenvalue weighted by Crippen LogP contribution is -2.52. The molecular formula is C14H23N7O7PS+2. The van der Waals surface area contributed by atoms with Gasteiger partial charge in [-0.1, -0.05) is 0 Å². The minimum absolute atomic E-state index is 0.172. The van der Waals surface area contributed by atoms with E-state index in [-0.39, 0.29) is 12.4 Å². The van der Waals surface area contributed by atoms with Crippen LogP contribution in [0.25, 0.3) is 0 Å². The average molecular weight is 464 g/mol. The molecule has 1 saturated heterocycles. The van der Waals surface area contributed by atoms with Gasteiger partial charge < -0.3 is 37.7 Å². The number of fused-ring (bicyclic) bond motifs is 1. The zero-order chi connectivity index (χ0) is 22.1. The molecule has 16 heteroatoms. The van der Waals surface area contributed by atoms with Crippen LogP contribution in [0.3, 0.4) is 0 Å². The molecule has 165 valence electrons. The minimum Gasteiger partial charge on any atom is -0.468 e. The number of nitrogens with two attached hydrogens (primary N) is 1. The van der Waals surface area contributed by atoms with Gasteiger partial charge in [0.15, 0.2) is 5.82 Å². The smallest absolute Gasteiger partial charge is 0.326 e. The number of nitrogen functional groups attached to an aromatic ring is 1. The van der Waals surface area contributed by atoms with Gasteiger partial charge in [-0.25, -0.2) is 9.51 Å². The number of nitrogens with zero attached hydrogens (tertiary/aromatic N) is 4. The van der Waals surface area contributed by atoms with Crippen LogP contribution in [0.4, 0.5) is 17.3 Å². The molecule has 1 aromatic heterocycles. The van der Waals surface area contributed by atoms with Crippen molar-refractivity contribution in [1.29, 1.82) is 0 Å². The first-order valence-corrected chi connectivity index (χ1v) is 11.3. The Bertz CT molecular complexity index is 823. The molecule has 0 saturated carbocycles. The van der Waals surface area contributed by atoms with E-state index in [1.54, 1.807) is 0 Å². The Morgan fingerprint density at radius 1 is 1.53 bits per heavy atom. The second kappa shape index (κ2) is 9.21. The van der Waals surface area contributed by atoms with Crippen molar-refractivity contribution >= 4 is 48.9 Å². The van der Waals surface area contributed by atoms with Crippen molar-refractivity contribution in [2.24, 2.45) is 0 Å². The number of aliphatic hydroxyl groups is 2. The van der Waals surface area contributed by atoms with Crippen molar-refractivity contribution in [2.75, 3.05) is 24.4 Å². The molecular weight excluding hydrogens is 441 g/mol. The lowest BCUT2D eigenvalue weighted by Gasteiger charge is -2.27. The SMILES string of the molecule is COC(=O)C(C)N[P+]([S-])(O[NH3+])OC[C@H]1O[C@@H](N2C=[N+]c3c(N)ncnc32)[C@H](O)[C@@H]1O. The number of carbonyl (C=O) groups is 1. The molecule has 30 heavy (non-hydrogen) atoms. The van der Waals surface area contributed by atoms with Gasteiger partial charge in [0.1, 0.15) is 37.3 Å². The molecule has 2 aliphatic rings. The molecule has 3 heterocycles. The molecule has 8 N–H and O–H groups in total. The molecule has 0 bridgehead atoms. The van der Waals surface area contributed by atoms with Gasteiger partial charge >= 0.3 is 5.97 Å². The van der Waals surface area contributed by atoms with Crippen molar-refractivity contribution in [1.82, 2.24) is 20.0 Å². The molecule has 0 aliphatic carbocycles. The fraction of sp³-hybridized carbons (Fsp3) is 0.571. The number of rotatable bonds is 8.